The summed E-state index contributed by atoms with van der Waals surface area (Å²) in [4.78, 5) is 16.5. The summed E-state index contributed by atoms with van der Waals surface area (Å²) in [6.45, 7) is 2.20. The summed E-state index contributed by atoms with van der Waals surface area (Å²) >= 11 is 5.90. The van der Waals surface area contributed by atoms with Gasteiger partial charge in [0.1, 0.15) is 0 Å². The number of rotatable bonds is 6. The largest absolute Gasteiger partial charge is 0.354 e. The zero-order valence-corrected chi connectivity index (χ0v) is 17.3. The highest BCUT2D eigenvalue weighted by Crippen LogP contribution is 2.30. The van der Waals surface area contributed by atoms with Gasteiger partial charge < -0.3 is 5.32 Å². The molecular weight excluding hydrogens is 398 g/mol. The fourth-order valence-corrected chi connectivity index (χ4v) is 5.60. The van der Waals surface area contributed by atoms with E-state index in [1.807, 2.05) is 13.0 Å². The third-order valence-electron chi connectivity index (χ3n) is 4.96. The molecule has 2 aromatic rings. The summed E-state index contributed by atoms with van der Waals surface area (Å²) in [5.41, 5.74) is 0.822. The van der Waals surface area contributed by atoms with E-state index < -0.39 is 10.0 Å². The summed E-state index contributed by atoms with van der Waals surface area (Å²) in [5, 5.41) is 3.38. The van der Waals surface area contributed by atoms with Crippen LogP contribution in [0.3, 0.4) is 0 Å². The van der Waals surface area contributed by atoms with E-state index in [2.05, 4.69) is 10.3 Å². The normalized spacial score (nSPS) is 20.6. The van der Waals surface area contributed by atoms with E-state index in [9.17, 15) is 13.2 Å². The average Bonchev–Trinajstić information content (AvgIpc) is 2.67. The minimum Gasteiger partial charge on any atom is -0.354 e. The molecule has 1 saturated heterocycles. The lowest BCUT2D eigenvalue weighted by atomic mass is 9.99. The van der Waals surface area contributed by atoms with Crippen LogP contribution in [0.15, 0.2) is 53.7 Å². The van der Waals surface area contributed by atoms with E-state index in [4.69, 9.17) is 11.6 Å². The summed E-state index contributed by atoms with van der Waals surface area (Å²) in [7, 11) is -3.67. The van der Waals surface area contributed by atoms with Crippen LogP contribution in [-0.2, 0) is 21.2 Å². The van der Waals surface area contributed by atoms with Crippen LogP contribution >= 0.6 is 11.6 Å². The lowest BCUT2D eigenvalue weighted by Crippen LogP contribution is -2.53. The number of piperidine rings is 1. The first-order chi connectivity index (χ1) is 13.4. The molecule has 2 atom stereocenters. The second kappa shape index (κ2) is 9.03. The lowest BCUT2D eigenvalue weighted by molar-refractivity contribution is -0.120. The molecule has 1 N–H and O–H groups in total. The monoisotopic (exact) mass is 421 g/mol. The van der Waals surface area contributed by atoms with Crippen LogP contribution in [-0.4, -0.2) is 42.2 Å². The minimum atomic E-state index is -3.67. The highest BCUT2D eigenvalue weighted by atomic mass is 35.5. The SMILES string of the molecule is C[C@@H]1CCC[C@H](CNC(=O)Cc2cccnc2)N1S(=O)(=O)c1ccc(Cl)cc1. The van der Waals surface area contributed by atoms with Crippen LogP contribution in [0, 0.1) is 0 Å². The summed E-state index contributed by atoms with van der Waals surface area (Å²) in [6, 6.07) is 9.42. The first kappa shape index (κ1) is 20.8. The van der Waals surface area contributed by atoms with Gasteiger partial charge in [-0.1, -0.05) is 24.1 Å². The maximum atomic E-state index is 13.2. The molecule has 0 unspecified atom stereocenters. The molecule has 28 heavy (non-hydrogen) atoms. The Morgan fingerprint density at radius 3 is 2.68 bits per heavy atom. The number of amides is 1. The molecule has 1 aliphatic rings. The third-order valence-corrected chi connectivity index (χ3v) is 7.30. The van der Waals surface area contributed by atoms with E-state index in [0.29, 0.717) is 11.4 Å². The molecule has 2 heterocycles. The van der Waals surface area contributed by atoms with Crippen molar-refractivity contribution in [2.24, 2.45) is 0 Å². The number of benzene rings is 1. The number of halogens is 1. The smallest absolute Gasteiger partial charge is 0.243 e. The number of carbonyl (C=O) groups excluding carboxylic acids is 1. The van der Waals surface area contributed by atoms with Crippen LogP contribution < -0.4 is 5.32 Å². The van der Waals surface area contributed by atoms with Gasteiger partial charge in [0.2, 0.25) is 15.9 Å². The molecule has 6 nitrogen and oxygen atoms in total. The van der Waals surface area contributed by atoms with Crippen molar-refractivity contribution >= 4 is 27.5 Å². The fraction of sp³-hybridized carbons (Fsp3) is 0.400. The molecule has 0 spiro atoms. The van der Waals surface area contributed by atoms with Crippen molar-refractivity contribution in [2.45, 2.75) is 49.6 Å². The van der Waals surface area contributed by atoms with Gasteiger partial charge in [0.15, 0.2) is 0 Å². The summed E-state index contributed by atoms with van der Waals surface area (Å²) in [5.74, 6) is -0.143. The van der Waals surface area contributed by atoms with Crippen molar-refractivity contribution < 1.29 is 13.2 Å². The van der Waals surface area contributed by atoms with Crippen molar-refractivity contribution in [3.05, 3.63) is 59.4 Å². The Balaban J connectivity index is 1.71. The van der Waals surface area contributed by atoms with E-state index in [0.717, 1.165) is 18.4 Å². The van der Waals surface area contributed by atoms with Gasteiger partial charge in [0, 0.05) is 36.0 Å². The molecule has 1 aromatic carbocycles. The third kappa shape index (κ3) is 4.90. The Morgan fingerprint density at radius 2 is 2.00 bits per heavy atom. The van der Waals surface area contributed by atoms with Crippen LogP contribution in [0.1, 0.15) is 31.7 Å². The molecule has 1 amide bonds. The predicted octanol–water partition coefficient (Wildman–Crippen LogP) is 3.03. The number of nitrogens with zero attached hydrogens (tertiary/aromatic N) is 2. The van der Waals surface area contributed by atoms with E-state index >= 15 is 0 Å². The molecule has 150 valence electrons. The standard InChI is InChI=1S/C20H24ClN3O3S/c1-15-4-2-6-18(14-23-20(25)12-16-5-3-11-22-13-16)24(15)28(26,27)19-9-7-17(21)8-10-19/h3,5,7-11,13,15,18H,2,4,6,12,14H2,1H3,(H,23,25)/t15-,18-/m1/s1. The Hall–Kier alpha value is -1.96. The van der Waals surface area contributed by atoms with Crippen molar-refractivity contribution in [1.82, 2.24) is 14.6 Å². The molecule has 0 radical (unpaired) electrons. The molecule has 0 aliphatic carbocycles. The van der Waals surface area contributed by atoms with Gasteiger partial charge in [-0.25, -0.2) is 8.42 Å². The van der Waals surface area contributed by atoms with Crippen LogP contribution in [0.4, 0.5) is 0 Å². The zero-order valence-electron chi connectivity index (χ0n) is 15.7. The Kier molecular flexibility index (Phi) is 6.69. The maximum Gasteiger partial charge on any atom is 0.243 e. The second-order valence-corrected chi connectivity index (χ2v) is 9.34. The zero-order chi connectivity index (χ0) is 20.1. The number of hydrogen-bond donors (Lipinski definition) is 1. The van der Waals surface area contributed by atoms with Crippen molar-refractivity contribution in [2.75, 3.05) is 6.54 Å². The highest BCUT2D eigenvalue weighted by molar-refractivity contribution is 7.89. The van der Waals surface area contributed by atoms with Gasteiger partial charge in [-0.2, -0.15) is 4.31 Å². The molecule has 0 saturated carbocycles. The number of aromatic nitrogens is 1. The molecule has 8 heteroatoms. The first-order valence-corrected chi connectivity index (χ1v) is 11.1. The first-order valence-electron chi connectivity index (χ1n) is 9.32. The van der Waals surface area contributed by atoms with Crippen LogP contribution in [0.5, 0.6) is 0 Å². The Labute approximate surface area is 171 Å². The van der Waals surface area contributed by atoms with Gasteiger partial charge in [-0.05, 0) is 55.7 Å². The number of hydrogen-bond acceptors (Lipinski definition) is 4. The summed E-state index contributed by atoms with van der Waals surface area (Å²) in [6.07, 6.45) is 5.97. The van der Waals surface area contributed by atoms with Crippen LogP contribution in [0.25, 0.3) is 0 Å². The number of pyridine rings is 1. The van der Waals surface area contributed by atoms with E-state index in [1.165, 1.54) is 12.1 Å². The maximum absolute atomic E-state index is 13.2. The predicted molar refractivity (Wildman–Crippen MR) is 109 cm³/mol. The molecular formula is C20H24ClN3O3S. The number of sulfonamides is 1. The van der Waals surface area contributed by atoms with Crippen molar-refractivity contribution in [3.8, 4) is 0 Å². The minimum absolute atomic E-state index is 0.130. The van der Waals surface area contributed by atoms with Crippen molar-refractivity contribution in [1.29, 1.82) is 0 Å². The molecule has 0 bridgehead atoms. The van der Waals surface area contributed by atoms with Crippen LogP contribution in [0.2, 0.25) is 5.02 Å². The molecule has 1 fully saturated rings. The topological polar surface area (TPSA) is 79.4 Å². The van der Waals surface area contributed by atoms with Crippen molar-refractivity contribution in [3.63, 3.8) is 0 Å². The van der Waals surface area contributed by atoms with E-state index in [-0.39, 0.29) is 35.9 Å². The molecule has 1 aromatic heterocycles. The Bertz CT molecular complexity index is 904. The molecule has 3 rings (SSSR count). The second-order valence-electron chi connectivity index (χ2n) is 7.06. The fourth-order valence-electron chi connectivity index (χ4n) is 3.60. The molecule has 1 aliphatic heterocycles. The number of nitrogens with one attached hydrogen (secondary N) is 1. The van der Waals surface area contributed by atoms with Gasteiger partial charge in [-0.3, -0.25) is 9.78 Å². The quantitative estimate of drug-likeness (QED) is 0.777. The van der Waals surface area contributed by atoms with E-state index in [1.54, 1.807) is 34.9 Å². The lowest BCUT2D eigenvalue weighted by Gasteiger charge is -2.39. The highest BCUT2D eigenvalue weighted by Gasteiger charge is 2.37. The summed E-state index contributed by atoms with van der Waals surface area (Å²) < 4.78 is 28.0. The Morgan fingerprint density at radius 1 is 1.25 bits per heavy atom. The van der Waals surface area contributed by atoms with Gasteiger partial charge >= 0.3 is 0 Å². The average molecular weight is 422 g/mol. The van der Waals surface area contributed by atoms with Gasteiger partial charge in [0.25, 0.3) is 0 Å². The van der Waals surface area contributed by atoms with Gasteiger partial charge in [0.05, 0.1) is 11.3 Å². The number of carbonyl (C=O) groups is 1. The van der Waals surface area contributed by atoms with Gasteiger partial charge in [-0.15, -0.1) is 0 Å².